The number of likely N-dealkylation sites (tertiary alicyclic amines) is 1. The molecule has 2 aromatic carbocycles. The number of piperidine rings is 1. The Balaban J connectivity index is 1.31. The van der Waals surface area contributed by atoms with Gasteiger partial charge in [-0.25, -0.2) is 4.39 Å². The molecule has 0 saturated carbocycles. The third-order valence-electron chi connectivity index (χ3n) is 8.58. The van der Waals surface area contributed by atoms with Gasteiger partial charge < -0.3 is 19.3 Å². The molecule has 0 spiro atoms. The van der Waals surface area contributed by atoms with Gasteiger partial charge in [-0.3, -0.25) is 9.69 Å². The first kappa shape index (κ1) is 27.8. The lowest BCUT2D eigenvalue weighted by atomic mass is 9.74. The zero-order chi connectivity index (χ0) is 28.9. The monoisotopic (exact) mass is 573 g/mol. The lowest BCUT2D eigenvalue weighted by Crippen LogP contribution is -2.50. The van der Waals surface area contributed by atoms with Crippen LogP contribution in [0.3, 0.4) is 0 Å². The van der Waals surface area contributed by atoms with Crippen molar-refractivity contribution in [1.29, 1.82) is 0 Å². The number of anilines is 1. The van der Waals surface area contributed by atoms with Gasteiger partial charge in [0.05, 0.1) is 30.7 Å². The van der Waals surface area contributed by atoms with Crippen molar-refractivity contribution in [1.82, 2.24) is 19.7 Å². The van der Waals surface area contributed by atoms with Crippen LogP contribution in [0.15, 0.2) is 42.7 Å². The van der Waals surface area contributed by atoms with Crippen molar-refractivity contribution in [3.05, 3.63) is 76.4 Å². The molecule has 1 amide bonds. The number of halogens is 4. The minimum Gasteiger partial charge on any atom is -0.396 e. The predicted molar refractivity (Wildman–Crippen MR) is 141 cm³/mol. The minimum absolute atomic E-state index is 0.0279. The van der Waals surface area contributed by atoms with Crippen molar-refractivity contribution in [2.45, 2.75) is 43.7 Å². The number of hydrogen-bond donors (Lipinski definition) is 1. The van der Waals surface area contributed by atoms with E-state index in [1.54, 1.807) is 37.4 Å². The number of hydrogen-bond acceptors (Lipinski definition) is 6. The standard InChI is InChI=1S/C29H31F4N5O3/c1-36-17-34-35-26(36)25(30)28(15-41-16-28)20-5-2-6-21(10-20)38-13-23-22(27(38)40)8-19(9-24(23)29(31,32)33)12-37-7-3-4-18(11-37)14-39/h2,5-6,8-10,17-18,25,39H,3-4,7,11-16H2,1H3/t18-,25?/m1/s1. The number of rotatable bonds is 7. The first-order valence-corrected chi connectivity index (χ1v) is 13.6. The molecule has 1 N–H and O–H groups in total. The molecule has 12 heteroatoms. The highest BCUT2D eigenvalue weighted by Gasteiger charge is 2.51. The predicted octanol–water partition coefficient (Wildman–Crippen LogP) is 4.18. The highest BCUT2D eigenvalue weighted by atomic mass is 19.4. The second kappa shape index (κ2) is 10.5. The molecular weight excluding hydrogens is 542 g/mol. The molecule has 1 unspecified atom stereocenters. The number of fused-ring (bicyclic) bond motifs is 1. The van der Waals surface area contributed by atoms with Crippen molar-refractivity contribution in [3.63, 3.8) is 0 Å². The smallest absolute Gasteiger partial charge is 0.396 e. The van der Waals surface area contributed by atoms with E-state index in [2.05, 4.69) is 10.2 Å². The van der Waals surface area contributed by atoms with Gasteiger partial charge >= 0.3 is 6.18 Å². The minimum atomic E-state index is -4.64. The largest absolute Gasteiger partial charge is 0.416 e. The summed E-state index contributed by atoms with van der Waals surface area (Å²) in [6.45, 7) is 1.55. The van der Waals surface area contributed by atoms with Crippen LogP contribution in [0.4, 0.5) is 23.2 Å². The van der Waals surface area contributed by atoms with E-state index in [-0.39, 0.29) is 55.8 Å². The molecule has 3 aromatic rings. The van der Waals surface area contributed by atoms with Crippen molar-refractivity contribution < 1.29 is 32.2 Å². The molecule has 0 aliphatic carbocycles. The zero-order valence-corrected chi connectivity index (χ0v) is 22.6. The molecule has 0 bridgehead atoms. The number of benzene rings is 2. The summed E-state index contributed by atoms with van der Waals surface area (Å²) >= 11 is 0. The number of ether oxygens (including phenoxy) is 1. The fourth-order valence-corrected chi connectivity index (χ4v) is 6.26. The number of amides is 1. The Morgan fingerprint density at radius 1 is 1.22 bits per heavy atom. The molecule has 4 heterocycles. The van der Waals surface area contributed by atoms with Crippen LogP contribution in [0.25, 0.3) is 0 Å². The average molecular weight is 574 g/mol. The molecule has 218 valence electrons. The normalized spacial score (nSPS) is 21.6. The number of carbonyl (C=O) groups excluding carboxylic acids is 1. The SMILES string of the molecule is Cn1cnnc1C(F)C1(c2cccc(N3Cc4c(cc(CN5CCC[C@@H](CO)C5)cc4C(F)(F)F)C3=O)c2)COC1. The van der Waals surface area contributed by atoms with Gasteiger partial charge in [0.2, 0.25) is 0 Å². The molecule has 2 atom stereocenters. The average Bonchev–Trinajstić information content (AvgIpc) is 3.50. The second-order valence-corrected chi connectivity index (χ2v) is 11.3. The molecule has 3 aliphatic heterocycles. The van der Waals surface area contributed by atoms with Crippen LogP contribution in [0, 0.1) is 5.92 Å². The van der Waals surface area contributed by atoms with E-state index in [4.69, 9.17) is 4.74 Å². The van der Waals surface area contributed by atoms with Crippen LogP contribution in [-0.2, 0) is 36.5 Å². The van der Waals surface area contributed by atoms with E-state index in [9.17, 15) is 23.1 Å². The number of aliphatic hydroxyl groups is 1. The Hall–Kier alpha value is -3.35. The molecule has 6 rings (SSSR count). The van der Waals surface area contributed by atoms with Crippen molar-refractivity contribution >= 4 is 11.6 Å². The van der Waals surface area contributed by atoms with Gasteiger partial charge in [-0.1, -0.05) is 12.1 Å². The Kier molecular flexibility index (Phi) is 7.11. The van der Waals surface area contributed by atoms with Crippen LogP contribution >= 0.6 is 0 Å². The maximum Gasteiger partial charge on any atom is 0.416 e. The lowest BCUT2D eigenvalue weighted by molar-refractivity contribution is -0.138. The summed E-state index contributed by atoms with van der Waals surface area (Å²) in [7, 11) is 1.65. The summed E-state index contributed by atoms with van der Waals surface area (Å²) in [5.41, 5.74) is -0.543. The van der Waals surface area contributed by atoms with Gasteiger partial charge in [-0.2, -0.15) is 13.2 Å². The van der Waals surface area contributed by atoms with E-state index < -0.39 is 29.2 Å². The summed E-state index contributed by atoms with van der Waals surface area (Å²) in [6, 6.07) is 9.42. The van der Waals surface area contributed by atoms with Gasteiger partial charge in [-0.15, -0.1) is 10.2 Å². The fraction of sp³-hybridized carbons (Fsp3) is 0.483. The molecule has 1 aromatic heterocycles. The topological polar surface area (TPSA) is 83.7 Å². The summed E-state index contributed by atoms with van der Waals surface area (Å²) in [5, 5.41) is 17.2. The number of aliphatic hydroxyl groups excluding tert-OH is 1. The highest BCUT2D eigenvalue weighted by molar-refractivity contribution is 6.10. The van der Waals surface area contributed by atoms with E-state index in [1.807, 2.05) is 4.90 Å². The number of aromatic nitrogens is 3. The van der Waals surface area contributed by atoms with Crippen molar-refractivity contribution in [2.24, 2.45) is 13.0 Å². The molecule has 0 radical (unpaired) electrons. The first-order chi connectivity index (χ1) is 19.6. The first-order valence-electron chi connectivity index (χ1n) is 13.6. The van der Waals surface area contributed by atoms with Crippen molar-refractivity contribution in [2.75, 3.05) is 37.8 Å². The number of carbonyl (C=O) groups is 1. The zero-order valence-electron chi connectivity index (χ0n) is 22.6. The maximum absolute atomic E-state index is 15.9. The Morgan fingerprint density at radius 3 is 2.68 bits per heavy atom. The Labute approximate surface area is 234 Å². The van der Waals surface area contributed by atoms with Gasteiger partial charge in [0.1, 0.15) is 6.33 Å². The summed E-state index contributed by atoms with van der Waals surface area (Å²) < 4.78 is 65.5. The molecular formula is C29H31F4N5O3. The number of aryl methyl sites for hydroxylation is 1. The highest BCUT2D eigenvalue weighted by Crippen LogP contribution is 2.47. The summed E-state index contributed by atoms with van der Waals surface area (Å²) in [4.78, 5) is 17.0. The maximum atomic E-state index is 15.9. The quantitative estimate of drug-likeness (QED) is 0.427. The Morgan fingerprint density at radius 2 is 2.02 bits per heavy atom. The Bertz CT molecular complexity index is 1450. The van der Waals surface area contributed by atoms with Gasteiger partial charge in [0, 0.05) is 38.0 Å². The molecule has 2 saturated heterocycles. The van der Waals surface area contributed by atoms with Gasteiger partial charge in [0.25, 0.3) is 5.91 Å². The molecule has 8 nitrogen and oxygen atoms in total. The number of alkyl halides is 4. The molecule has 3 aliphatic rings. The summed E-state index contributed by atoms with van der Waals surface area (Å²) in [6.07, 6.45) is -3.03. The van der Waals surface area contributed by atoms with E-state index >= 15 is 4.39 Å². The van der Waals surface area contributed by atoms with Gasteiger partial charge in [-0.05, 0) is 66.3 Å². The van der Waals surface area contributed by atoms with E-state index in [0.717, 1.165) is 25.5 Å². The van der Waals surface area contributed by atoms with Crippen LogP contribution in [0.1, 0.15) is 57.4 Å². The van der Waals surface area contributed by atoms with Crippen LogP contribution in [0.5, 0.6) is 0 Å². The van der Waals surface area contributed by atoms with E-state index in [0.29, 0.717) is 23.4 Å². The van der Waals surface area contributed by atoms with Crippen LogP contribution in [0.2, 0.25) is 0 Å². The second-order valence-electron chi connectivity index (χ2n) is 11.3. The van der Waals surface area contributed by atoms with E-state index in [1.165, 1.54) is 15.8 Å². The van der Waals surface area contributed by atoms with Crippen molar-refractivity contribution in [3.8, 4) is 0 Å². The fourth-order valence-electron chi connectivity index (χ4n) is 6.26. The third-order valence-corrected chi connectivity index (χ3v) is 8.58. The van der Waals surface area contributed by atoms with Crippen LogP contribution in [-0.4, -0.2) is 63.6 Å². The third kappa shape index (κ3) is 4.91. The number of nitrogens with zero attached hydrogens (tertiary/aromatic N) is 5. The summed E-state index contributed by atoms with van der Waals surface area (Å²) in [5.74, 6) is -0.295. The molecule has 41 heavy (non-hydrogen) atoms. The molecule has 2 fully saturated rings. The lowest BCUT2D eigenvalue weighted by Gasteiger charge is -2.43. The van der Waals surface area contributed by atoms with Crippen LogP contribution < -0.4 is 4.90 Å². The van der Waals surface area contributed by atoms with Gasteiger partial charge in [0.15, 0.2) is 12.0 Å².